The minimum Gasteiger partial charge on any atom is -0.396 e. The van der Waals surface area contributed by atoms with Crippen molar-refractivity contribution >= 4 is 11.6 Å². The number of rotatable bonds is 4. The predicted octanol–water partition coefficient (Wildman–Crippen LogP) is 2.76. The van der Waals surface area contributed by atoms with E-state index in [1.807, 2.05) is 18.2 Å². The van der Waals surface area contributed by atoms with E-state index in [9.17, 15) is 0 Å². The van der Waals surface area contributed by atoms with Gasteiger partial charge in [-0.1, -0.05) is 30.7 Å². The van der Waals surface area contributed by atoms with Crippen LogP contribution >= 0.6 is 11.6 Å². The first-order valence-electron chi connectivity index (χ1n) is 6.27. The number of aliphatic hydroxyl groups excluding tert-OH is 1. The van der Waals surface area contributed by atoms with Gasteiger partial charge in [0.1, 0.15) is 0 Å². The Bertz CT molecular complexity index is 369. The average Bonchev–Trinajstić information content (AvgIpc) is 2.77. The maximum atomic E-state index is 9.13. The monoisotopic (exact) mass is 253 g/mol. The van der Waals surface area contributed by atoms with E-state index in [4.69, 9.17) is 16.7 Å². The van der Waals surface area contributed by atoms with Gasteiger partial charge in [0.2, 0.25) is 0 Å². The Morgan fingerprint density at radius 1 is 1.53 bits per heavy atom. The number of likely N-dealkylation sites (tertiary alicyclic amines) is 1. The number of nitrogens with zero attached hydrogens (tertiary/aromatic N) is 1. The van der Waals surface area contributed by atoms with E-state index in [2.05, 4.69) is 17.9 Å². The molecule has 1 heterocycles. The summed E-state index contributed by atoms with van der Waals surface area (Å²) in [4.78, 5) is 2.44. The van der Waals surface area contributed by atoms with Crippen LogP contribution in [0.4, 0.5) is 0 Å². The smallest absolute Gasteiger partial charge is 0.0471 e. The second kappa shape index (κ2) is 5.85. The number of benzene rings is 1. The first kappa shape index (κ1) is 12.9. The zero-order chi connectivity index (χ0) is 12.3. The highest BCUT2D eigenvalue weighted by atomic mass is 35.5. The van der Waals surface area contributed by atoms with Crippen LogP contribution in [0.2, 0.25) is 5.02 Å². The Morgan fingerprint density at radius 2 is 2.35 bits per heavy atom. The van der Waals surface area contributed by atoms with Crippen molar-refractivity contribution in [3.63, 3.8) is 0 Å². The molecule has 0 unspecified atom stereocenters. The van der Waals surface area contributed by atoms with Crippen LogP contribution in [0.15, 0.2) is 24.3 Å². The second-order valence-electron chi connectivity index (χ2n) is 5.05. The molecule has 1 N–H and O–H groups in total. The standard InChI is InChI=1S/C14H20ClNO/c1-11(13-3-2-4-14(15)7-13)8-16-6-5-12(9-16)10-17/h2-4,7,11-12,17H,5-6,8-10H2,1H3/t11-,12+/m0/s1. The van der Waals surface area contributed by atoms with Gasteiger partial charge in [0.15, 0.2) is 0 Å². The summed E-state index contributed by atoms with van der Waals surface area (Å²) in [6.45, 7) is 5.74. The summed E-state index contributed by atoms with van der Waals surface area (Å²) in [6.07, 6.45) is 1.12. The number of halogens is 1. The Kier molecular flexibility index (Phi) is 4.43. The summed E-state index contributed by atoms with van der Waals surface area (Å²) >= 11 is 6.00. The van der Waals surface area contributed by atoms with Gasteiger partial charge < -0.3 is 10.0 Å². The lowest BCUT2D eigenvalue weighted by molar-refractivity contribution is 0.219. The molecule has 2 atom stereocenters. The lowest BCUT2D eigenvalue weighted by atomic mass is 10.0. The SMILES string of the molecule is C[C@@H](CN1CC[C@@H](CO)C1)c1cccc(Cl)c1. The van der Waals surface area contributed by atoms with Gasteiger partial charge in [-0.15, -0.1) is 0 Å². The summed E-state index contributed by atoms with van der Waals surface area (Å²) in [5.41, 5.74) is 1.30. The molecule has 0 saturated carbocycles. The van der Waals surface area contributed by atoms with Crippen LogP contribution in [0, 0.1) is 5.92 Å². The third-order valence-electron chi connectivity index (χ3n) is 3.58. The van der Waals surface area contributed by atoms with Crippen molar-refractivity contribution in [3.8, 4) is 0 Å². The highest BCUT2D eigenvalue weighted by Gasteiger charge is 2.23. The summed E-state index contributed by atoms with van der Waals surface area (Å²) in [5, 5.41) is 9.94. The Labute approximate surface area is 108 Å². The molecule has 1 fully saturated rings. The predicted molar refractivity (Wildman–Crippen MR) is 71.5 cm³/mol. The van der Waals surface area contributed by atoms with E-state index in [0.29, 0.717) is 18.4 Å². The maximum Gasteiger partial charge on any atom is 0.0471 e. The molecule has 2 rings (SSSR count). The third kappa shape index (κ3) is 3.44. The van der Waals surface area contributed by atoms with Crippen molar-refractivity contribution in [1.82, 2.24) is 4.90 Å². The molecule has 1 saturated heterocycles. The third-order valence-corrected chi connectivity index (χ3v) is 3.81. The van der Waals surface area contributed by atoms with Crippen LogP contribution in [0.25, 0.3) is 0 Å². The fourth-order valence-corrected chi connectivity index (χ4v) is 2.73. The Morgan fingerprint density at radius 3 is 3.00 bits per heavy atom. The minimum atomic E-state index is 0.321. The fourth-order valence-electron chi connectivity index (χ4n) is 2.53. The van der Waals surface area contributed by atoms with Crippen molar-refractivity contribution in [3.05, 3.63) is 34.9 Å². The highest BCUT2D eigenvalue weighted by molar-refractivity contribution is 6.30. The molecule has 0 bridgehead atoms. The van der Waals surface area contributed by atoms with E-state index >= 15 is 0 Å². The van der Waals surface area contributed by atoms with Gasteiger partial charge in [-0.3, -0.25) is 0 Å². The van der Waals surface area contributed by atoms with Gasteiger partial charge in [0.25, 0.3) is 0 Å². The van der Waals surface area contributed by atoms with Crippen LogP contribution < -0.4 is 0 Å². The molecular weight excluding hydrogens is 234 g/mol. The Balaban J connectivity index is 1.91. The molecule has 0 radical (unpaired) electrons. The van der Waals surface area contributed by atoms with Crippen LogP contribution in [0.3, 0.4) is 0 Å². The molecule has 1 aromatic carbocycles. The quantitative estimate of drug-likeness (QED) is 0.892. The lowest BCUT2D eigenvalue weighted by Crippen LogP contribution is -2.26. The van der Waals surface area contributed by atoms with Crippen LogP contribution in [0.1, 0.15) is 24.8 Å². The van der Waals surface area contributed by atoms with Crippen molar-refractivity contribution in [2.45, 2.75) is 19.3 Å². The first-order chi connectivity index (χ1) is 8.19. The molecule has 1 aromatic rings. The maximum absolute atomic E-state index is 9.13. The van der Waals surface area contributed by atoms with Gasteiger partial charge in [-0.25, -0.2) is 0 Å². The molecule has 2 nitrogen and oxygen atoms in total. The van der Waals surface area contributed by atoms with Crippen molar-refractivity contribution in [1.29, 1.82) is 0 Å². The van der Waals surface area contributed by atoms with E-state index in [1.165, 1.54) is 5.56 Å². The number of hydrogen-bond acceptors (Lipinski definition) is 2. The molecule has 1 aliphatic rings. The van der Waals surface area contributed by atoms with E-state index < -0.39 is 0 Å². The molecule has 0 amide bonds. The zero-order valence-corrected chi connectivity index (χ0v) is 11.0. The average molecular weight is 254 g/mol. The highest BCUT2D eigenvalue weighted by Crippen LogP contribution is 2.23. The summed E-state index contributed by atoms with van der Waals surface area (Å²) in [5.74, 6) is 0.965. The number of aliphatic hydroxyl groups is 1. The number of hydrogen-bond donors (Lipinski definition) is 1. The van der Waals surface area contributed by atoms with Gasteiger partial charge in [-0.2, -0.15) is 0 Å². The van der Waals surface area contributed by atoms with Crippen molar-refractivity contribution in [2.75, 3.05) is 26.2 Å². The summed E-state index contributed by atoms with van der Waals surface area (Å²) in [7, 11) is 0. The Hall–Kier alpha value is -0.570. The lowest BCUT2D eigenvalue weighted by Gasteiger charge is -2.21. The van der Waals surface area contributed by atoms with E-state index in [0.717, 1.165) is 31.1 Å². The summed E-state index contributed by atoms with van der Waals surface area (Å²) in [6, 6.07) is 8.10. The normalized spacial score (nSPS) is 22.9. The van der Waals surface area contributed by atoms with Gasteiger partial charge >= 0.3 is 0 Å². The van der Waals surface area contributed by atoms with Gasteiger partial charge in [0, 0.05) is 24.7 Å². The largest absolute Gasteiger partial charge is 0.396 e. The zero-order valence-electron chi connectivity index (χ0n) is 10.3. The van der Waals surface area contributed by atoms with Crippen molar-refractivity contribution < 1.29 is 5.11 Å². The molecule has 17 heavy (non-hydrogen) atoms. The molecule has 3 heteroatoms. The van der Waals surface area contributed by atoms with E-state index in [1.54, 1.807) is 0 Å². The van der Waals surface area contributed by atoms with E-state index in [-0.39, 0.29) is 0 Å². The fraction of sp³-hybridized carbons (Fsp3) is 0.571. The van der Waals surface area contributed by atoms with Crippen molar-refractivity contribution in [2.24, 2.45) is 5.92 Å². The molecule has 0 aliphatic carbocycles. The molecule has 0 aromatic heterocycles. The molecule has 1 aliphatic heterocycles. The second-order valence-corrected chi connectivity index (χ2v) is 5.49. The van der Waals surface area contributed by atoms with Crippen LogP contribution in [0.5, 0.6) is 0 Å². The van der Waals surface area contributed by atoms with Crippen LogP contribution in [-0.4, -0.2) is 36.2 Å². The topological polar surface area (TPSA) is 23.5 Å². The van der Waals surface area contributed by atoms with Gasteiger partial charge in [0.05, 0.1) is 0 Å². The molecular formula is C14H20ClNO. The molecule has 0 spiro atoms. The van der Waals surface area contributed by atoms with Crippen LogP contribution in [-0.2, 0) is 0 Å². The molecule has 94 valence electrons. The minimum absolute atomic E-state index is 0.321. The summed E-state index contributed by atoms with van der Waals surface area (Å²) < 4.78 is 0. The first-order valence-corrected chi connectivity index (χ1v) is 6.65. The van der Waals surface area contributed by atoms with Gasteiger partial charge in [-0.05, 0) is 42.5 Å².